The number of nitrogens with one attached hydrogen (secondary N) is 1. The molecular formula is C12H16BrNO. The smallest absolute Gasteiger partial charge is 0.251 e. The van der Waals surface area contributed by atoms with Crippen molar-refractivity contribution in [3.05, 3.63) is 34.3 Å². The molecule has 0 aliphatic heterocycles. The quantitative estimate of drug-likeness (QED) is 0.816. The van der Waals surface area contributed by atoms with Gasteiger partial charge in [-0.3, -0.25) is 4.79 Å². The molecular weight excluding hydrogens is 254 g/mol. The Morgan fingerprint density at radius 3 is 2.53 bits per heavy atom. The molecule has 1 N–H and O–H groups in total. The molecule has 2 nitrogen and oxygen atoms in total. The molecule has 3 heteroatoms. The van der Waals surface area contributed by atoms with E-state index in [0.717, 1.165) is 23.0 Å². The summed E-state index contributed by atoms with van der Waals surface area (Å²) in [6.07, 6.45) is 3.40. The van der Waals surface area contributed by atoms with E-state index < -0.39 is 0 Å². The molecule has 0 saturated carbocycles. The van der Waals surface area contributed by atoms with Crippen molar-refractivity contribution >= 4 is 21.8 Å². The van der Waals surface area contributed by atoms with E-state index in [2.05, 4.69) is 28.2 Å². The van der Waals surface area contributed by atoms with E-state index in [9.17, 15) is 4.79 Å². The van der Waals surface area contributed by atoms with Crippen molar-refractivity contribution in [2.24, 2.45) is 0 Å². The largest absolute Gasteiger partial charge is 0.352 e. The number of benzene rings is 1. The van der Waals surface area contributed by atoms with Crippen LogP contribution in [0.4, 0.5) is 0 Å². The molecule has 0 atom stereocenters. The Labute approximate surface area is 99.2 Å². The minimum Gasteiger partial charge on any atom is -0.352 e. The number of carbonyl (C=O) groups excluding carboxylic acids is 1. The summed E-state index contributed by atoms with van der Waals surface area (Å²) in [7, 11) is 0. The van der Waals surface area contributed by atoms with Gasteiger partial charge in [0.15, 0.2) is 0 Å². The van der Waals surface area contributed by atoms with Gasteiger partial charge in [-0.15, -0.1) is 0 Å². The van der Waals surface area contributed by atoms with Gasteiger partial charge in [0.1, 0.15) is 0 Å². The van der Waals surface area contributed by atoms with Crippen LogP contribution in [-0.2, 0) is 0 Å². The van der Waals surface area contributed by atoms with E-state index in [1.54, 1.807) is 0 Å². The lowest BCUT2D eigenvalue weighted by molar-refractivity contribution is 0.0953. The molecule has 82 valence electrons. The fourth-order valence-electron chi connectivity index (χ4n) is 1.28. The average molecular weight is 270 g/mol. The van der Waals surface area contributed by atoms with Crippen LogP contribution in [0.5, 0.6) is 0 Å². The third-order valence-electron chi connectivity index (χ3n) is 2.17. The molecule has 0 heterocycles. The Hall–Kier alpha value is -0.830. The molecule has 0 aromatic heterocycles. The van der Waals surface area contributed by atoms with Crippen LogP contribution in [0.15, 0.2) is 28.7 Å². The minimum absolute atomic E-state index is 0.0126. The van der Waals surface area contributed by atoms with Crippen molar-refractivity contribution < 1.29 is 4.79 Å². The van der Waals surface area contributed by atoms with Crippen LogP contribution in [-0.4, -0.2) is 12.5 Å². The molecule has 0 saturated heterocycles. The molecule has 15 heavy (non-hydrogen) atoms. The predicted octanol–water partition coefficient (Wildman–Crippen LogP) is 3.37. The Morgan fingerprint density at radius 1 is 1.27 bits per heavy atom. The number of halogens is 1. The first kappa shape index (κ1) is 12.2. The van der Waals surface area contributed by atoms with E-state index in [0.29, 0.717) is 0 Å². The van der Waals surface area contributed by atoms with Gasteiger partial charge >= 0.3 is 0 Å². The van der Waals surface area contributed by atoms with Gasteiger partial charge in [-0.25, -0.2) is 0 Å². The number of carbonyl (C=O) groups is 1. The number of amides is 1. The molecule has 0 bridgehead atoms. The second-order valence-corrected chi connectivity index (χ2v) is 4.39. The Bertz CT molecular complexity index is 308. The van der Waals surface area contributed by atoms with Crippen LogP contribution < -0.4 is 5.32 Å². The van der Waals surface area contributed by atoms with Gasteiger partial charge in [0.05, 0.1) is 0 Å². The van der Waals surface area contributed by atoms with E-state index >= 15 is 0 Å². The molecule has 0 fully saturated rings. The SMILES string of the molecule is CCCCCNC(=O)c1ccc(Br)cc1. The van der Waals surface area contributed by atoms with Gasteiger partial charge in [0, 0.05) is 16.6 Å². The summed E-state index contributed by atoms with van der Waals surface area (Å²) in [5.74, 6) is 0.0126. The number of rotatable bonds is 5. The van der Waals surface area contributed by atoms with Gasteiger partial charge < -0.3 is 5.32 Å². The highest BCUT2D eigenvalue weighted by atomic mass is 79.9. The Morgan fingerprint density at radius 2 is 1.93 bits per heavy atom. The first-order valence-electron chi connectivity index (χ1n) is 5.28. The highest BCUT2D eigenvalue weighted by molar-refractivity contribution is 9.10. The molecule has 1 aromatic carbocycles. The third kappa shape index (κ3) is 4.47. The highest BCUT2D eigenvalue weighted by Gasteiger charge is 2.03. The summed E-state index contributed by atoms with van der Waals surface area (Å²) < 4.78 is 0.991. The topological polar surface area (TPSA) is 29.1 Å². The lowest BCUT2D eigenvalue weighted by Gasteiger charge is -2.04. The van der Waals surface area contributed by atoms with Crippen LogP contribution in [0.3, 0.4) is 0 Å². The molecule has 1 rings (SSSR count). The molecule has 0 spiro atoms. The van der Waals surface area contributed by atoms with Crippen molar-refractivity contribution in [2.45, 2.75) is 26.2 Å². The fraction of sp³-hybridized carbons (Fsp3) is 0.417. The zero-order valence-corrected chi connectivity index (χ0v) is 10.5. The van der Waals surface area contributed by atoms with E-state index in [1.807, 2.05) is 24.3 Å². The van der Waals surface area contributed by atoms with Crippen molar-refractivity contribution in [1.29, 1.82) is 0 Å². The summed E-state index contributed by atoms with van der Waals surface area (Å²) in [5, 5.41) is 2.90. The molecule has 0 radical (unpaired) electrons. The maximum atomic E-state index is 11.6. The summed E-state index contributed by atoms with van der Waals surface area (Å²) in [6, 6.07) is 7.39. The fourth-order valence-corrected chi connectivity index (χ4v) is 1.54. The van der Waals surface area contributed by atoms with Gasteiger partial charge in [-0.2, -0.15) is 0 Å². The average Bonchev–Trinajstić information content (AvgIpc) is 2.25. The number of hydrogen-bond donors (Lipinski definition) is 1. The minimum atomic E-state index is 0.0126. The molecule has 0 aliphatic carbocycles. The first-order chi connectivity index (χ1) is 7.24. The predicted molar refractivity (Wildman–Crippen MR) is 66.0 cm³/mol. The highest BCUT2D eigenvalue weighted by Crippen LogP contribution is 2.10. The van der Waals surface area contributed by atoms with Crippen LogP contribution in [0.25, 0.3) is 0 Å². The Kier molecular flexibility index (Phi) is 5.40. The summed E-state index contributed by atoms with van der Waals surface area (Å²) in [6.45, 7) is 2.92. The molecule has 1 amide bonds. The van der Waals surface area contributed by atoms with Crippen molar-refractivity contribution in [3.8, 4) is 0 Å². The van der Waals surface area contributed by atoms with Crippen molar-refractivity contribution in [1.82, 2.24) is 5.32 Å². The van der Waals surface area contributed by atoms with Crippen molar-refractivity contribution in [2.75, 3.05) is 6.54 Å². The van der Waals surface area contributed by atoms with Crippen LogP contribution in [0.1, 0.15) is 36.5 Å². The molecule has 0 unspecified atom stereocenters. The second kappa shape index (κ2) is 6.62. The zero-order valence-electron chi connectivity index (χ0n) is 8.92. The van der Waals surface area contributed by atoms with Gasteiger partial charge in [-0.05, 0) is 30.7 Å². The van der Waals surface area contributed by atoms with Gasteiger partial charge in [-0.1, -0.05) is 35.7 Å². The molecule has 0 aliphatic rings. The van der Waals surface area contributed by atoms with Gasteiger partial charge in [0.25, 0.3) is 5.91 Å². The lowest BCUT2D eigenvalue weighted by Crippen LogP contribution is -2.24. The first-order valence-corrected chi connectivity index (χ1v) is 6.07. The van der Waals surface area contributed by atoms with Crippen molar-refractivity contribution in [3.63, 3.8) is 0 Å². The maximum absolute atomic E-state index is 11.6. The normalized spacial score (nSPS) is 10.0. The maximum Gasteiger partial charge on any atom is 0.251 e. The number of unbranched alkanes of at least 4 members (excludes halogenated alkanes) is 2. The van der Waals surface area contributed by atoms with E-state index in [-0.39, 0.29) is 5.91 Å². The van der Waals surface area contributed by atoms with Crippen LogP contribution in [0, 0.1) is 0 Å². The lowest BCUT2D eigenvalue weighted by atomic mass is 10.2. The standard InChI is InChI=1S/C12H16BrNO/c1-2-3-4-9-14-12(15)10-5-7-11(13)8-6-10/h5-8H,2-4,9H2,1H3,(H,14,15). The monoisotopic (exact) mass is 269 g/mol. The van der Waals surface area contributed by atoms with Crippen LogP contribution >= 0.6 is 15.9 Å². The zero-order chi connectivity index (χ0) is 11.1. The summed E-state index contributed by atoms with van der Waals surface area (Å²) >= 11 is 3.34. The third-order valence-corrected chi connectivity index (χ3v) is 2.70. The summed E-state index contributed by atoms with van der Waals surface area (Å²) in [5.41, 5.74) is 0.717. The molecule has 1 aromatic rings. The van der Waals surface area contributed by atoms with E-state index in [1.165, 1.54) is 12.8 Å². The van der Waals surface area contributed by atoms with E-state index in [4.69, 9.17) is 0 Å². The second-order valence-electron chi connectivity index (χ2n) is 3.47. The number of hydrogen-bond acceptors (Lipinski definition) is 1. The van der Waals surface area contributed by atoms with Gasteiger partial charge in [0.2, 0.25) is 0 Å². The Balaban J connectivity index is 2.37. The van der Waals surface area contributed by atoms with Crippen LogP contribution in [0.2, 0.25) is 0 Å². The summed E-state index contributed by atoms with van der Waals surface area (Å²) in [4.78, 5) is 11.6.